The second-order valence-corrected chi connectivity index (χ2v) is 7.79. The highest BCUT2D eigenvalue weighted by Crippen LogP contribution is 2.30. The number of benzene rings is 1. The molecule has 0 aliphatic heterocycles. The van der Waals surface area contributed by atoms with Crippen molar-refractivity contribution < 1.29 is 4.79 Å². The molecule has 0 spiro atoms. The van der Waals surface area contributed by atoms with Gasteiger partial charge in [0.1, 0.15) is 6.54 Å². The van der Waals surface area contributed by atoms with Crippen LogP contribution in [-0.2, 0) is 24.9 Å². The minimum atomic E-state index is -0.0230. The average Bonchev–Trinajstić information content (AvgIpc) is 3.22. The van der Waals surface area contributed by atoms with Crippen LogP contribution in [0.1, 0.15) is 22.5 Å². The van der Waals surface area contributed by atoms with Gasteiger partial charge in [0, 0.05) is 43.5 Å². The smallest absolute Gasteiger partial charge is 0.244 e. The molecule has 3 heterocycles. The maximum atomic E-state index is 12.9. The van der Waals surface area contributed by atoms with E-state index in [9.17, 15) is 4.79 Å². The van der Waals surface area contributed by atoms with Crippen molar-refractivity contribution in [2.45, 2.75) is 33.9 Å². The lowest BCUT2D eigenvalue weighted by Crippen LogP contribution is -2.30. The first-order valence-electron chi connectivity index (χ1n) is 9.95. The van der Waals surface area contributed by atoms with E-state index in [1.165, 1.54) is 5.56 Å². The zero-order chi connectivity index (χ0) is 21.4. The number of hydrogen-bond donors (Lipinski definition) is 0. The fourth-order valence-electron chi connectivity index (χ4n) is 3.66. The molecule has 0 bridgehead atoms. The van der Waals surface area contributed by atoms with Crippen LogP contribution in [0.3, 0.4) is 0 Å². The van der Waals surface area contributed by atoms with E-state index in [0.717, 1.165) is 39.1 Å². The molecule has 0 saturated heterocycles. The van der Waals surface area contributed by atoms with Crippen LogP contribution in [-0.4, -0.2) is 42.4 Å². The first kappa shape index (κ1) is 19.8. The lowest BCUT2D eigenvalue weighted by molar-refractivity contribution is -0.131. The summed E-state index contributed by atoms with van der Waals surface area (Å²) in [5.74, 6) is -0.0230. The Morgan fingerprint density at radius 2 is 1.83 bits per heavy atom. The third-order valence-electron chi connectivity index (χ3n) is 5.63. The number of carbonyl (C=O) groups is 1. The first-order chi connectivity index (χ1) is 14.3. The number of likely N-dealkylation sites (N-methyl/N-ethyl adjacent to an activating group) is 1. The second kappa shape index (κ2) is 7.74. The molecule has 0 N–H and O–H groups in total. The summed E-state index contributed by atoms with van der Waals surface area (Å²) in [7, 11) is 3.70. The van der Waals surface area contributed by atoms with Crippen LogP contribution in [0.4, 0.5) is 0 Å². The van der Waals surface area contributed by atoms with Gasteiger partial charge >= 0.3 is 0 Å². The van der Waals surface area contributed by atoms with Gasteiger partial charge in [-0.15, -0.1) is 0 Å². The van der Waals surface area contributed by atoms with Crippen molar-refractivity contribution in [2.24, 2.45) is 7.05 Å². The molecule has 4 aromatic rings. The van der Waals surface area contributed by atoms with Gasteiger partial charge in [-0.05, 0) is 38.0 Å². The van der Waals surface area contributed by atoms with Crippen molar-refractivity contribution in [1.82, 2.24) is 29.4 Å². The number of carbonyl (C=O) groups excluding carboxylic acids is 1. The minimum absolute atomic E-state index is 0.0230. The molecule has 0 saturated carbocycles. The van der Waals surface area contributed by atoms with Crippen LogP contribution in [0.15, 0.2) is 42.7 Å². The van der Waals surface area contributed by atoms with Gasteiger partial charge in [0.25, 0.3) is 0 Å². The van der Waals surface area contributed by atoms with Crippen molar-refractivity contribution in [3.63, 3.8) is 0 Å². The van der Waals surface area contributed by atoms with Crippen LogP contribution in [0.25, 0.3) is 22.2 Å². The summed E-state index contributed by atoms with van der Waals surface area (Å²) in [6.07, 6.45) is 3.59. The number of hydrogen-bond acceptors (Lipinski definition) is 4. The second-order valence-electron chi connectivity index (χ2n) is 7.79. The minimum Gasteiger partial charge on any atom is -0.340 e. The van der Waals surface area contributed by atoms with E-state index in [0.29, 0.717) is 6.54 Å². The highest BCUT2D eigenvalue weighted by atomic mass is 16.2. The highest BCUT2D eigenvalue weighted by Gasteiger charge is 2.18. The van der Waals surface area contributed by atoms with Crippen molar-refractivity contribution in [2.75, 3.05) is 7.05 Å². The third-order valence-corrected chi connectivity index (χ3v) is 5.63. The Morgan fingerprint density at radius 1 is 1.10 bits per heavy atom. The first-order valence-corrected chi connectivity index (χ1v) is 9.95. The SMILES string of the molecule is Cc1ccc(-c2ccnc3c2c(C)nn3CC(=O)N(C)Cc2cnn(C)c2C)cc1. The molecule has 3 aromatic heterocycles. The van der Waals surface area contributed by atoms with Crippen LogP contribution >= 0.6 is 0 Å². The molecule has 7 heteroatoms. The molecule has 0 radical (unpaired) electrons. The molecule has 0 fully saturated rings. The summed E-state index contributed by atoms with van der Waals surface area (Å²) in [6, 6.07) is 10.4. The topological polar surface area (TPSA) is 68.8 Å². The Kier molecular flexibility index (Phi) is 5.11. The zero-order valence-corrected chi connectivity index (χ0v) is 18.0. The summed E-state index contributed by atoms with van der Waals surface area (Å²) in [6.45, 7) is 6.69. The highest BCUT2D eigenvalue weighted by molar-refractivity contribution is 5.95. The molecule has 7 nitrogen and oxygen atoms in total. The monoisotopic (exact) mass is 402 g/mol. The van der Waals surface area contributed by atoms with Crippen LogP contribution < -0.4 is 0 Å². The Morgan fingerprint density at radius 3 is 2.50 bits per heavy atom. The largest absolute Gasteiger partial charge is 0.340 e. The summed E-state index contributed by atoms with van der Waals surface area (Å²) >= 11 is 0. The number of amides is 1. The predicted molar refractivity (Wildman–Crippen MR) is 117 cm³/mol. The normalized spacial score (nSPS) is 11.2. The standard InChI is InChI=1S/C23H26N6O/c1-15-6-8-18(9-7-15)20-10-11-24-23-22(20)16(2)26-29(23)14-21(30)27(4)13-19-12-25-28(5)17(19)3/h6-12H,13-14H2,1-5H3. The van der Waals surface area contributed by atoms with Gasteiger partial charge in [0.2, 0.25) is 5.91 Å². The third kappa shape index (κ3) is 3.58. The number of nitrogens with zero attached hydrogens (tertiary/aromatic N) is 6. The van der Waals surface area contributed by atoms with Gasteiger partial charge in [0.05, 0.1) is 11.9 Å². The van der Waals surface area contributed by atoms with Crippen molar-refractivity contribution in [3.8, 4) is 11.1 Å². The van der Waals surface area contributed by atoms with Crippen molar-refractivity contribution in [3.05, 3.63) is 65.2 Å². The van der Waals surface area contributed by atoms with E-state index in [-0.39, 0.29) is 12.5 Å². The van der Waals surface area contributed by atoms with E-state index in [1.807, 2.05) is 37.8 Å². The van der Waals surface area contributed by atoms with Crippen molar-refractivity contribution in [1.29, 1.82) is 0 Å². The van der Waals surface area contributed by atoms with Gasteiger partial charge in [-0.3, -0.25) is 9.48 Å². The number of fused-ring (bicyclic) bond motifs is 1. The fraction of sp³-hybridized carbons (Fsp3) is 0.304. The molecule has 0 atom stereocenters. The number of rotatable bonds is 5. The molecular weight excluding hydrogens is 376 g/mol. The van der Waals surface area contributed by atoms with Gasteiger partial charge in [-0.1, -0.05) is 29.8 Å². The van der Waals surface area contributed by atoms with E-state index in [2.05, 4.69) is 46.4 Å². The van der Waals surface area contributed by atoms with Gasteiger partial charge in [-0.25, -0.2) is 9.67 Å². The van der Waals surface area contributed by atoms with E-state index >= 15 is 0 Å². The summed E-state index contributed by atoms with van der Waals surface area (Å²) in [4.78, 5) is 19.1. The molecule has 154 valence electrons. The molecule has 0 aliphatic rings. The van der Waals surface area contributed by atoms with Gasteiger partial charge in [0.15, 0.2) is 5.65 Å². The number of aromatic nitrogens is 5. The number of aryl methyl sites for hydroxylation is 3. The lowest BCUT2D eigenvalue weighted by atomic mass is 10.0. The maximum Gasteiger partial charge on any atom is 0.244 e. The Bertz CT molecular complexity index is 1220. The molecular formula is C23H26N6O. The summed E-state index contributed by atoms with van der Waals surface area (Å²) in [5.41, 5.74) is 7.10. The molecule has 0 unspecified atom stereocenters. The van der Waals surface area contributed by atoms with Crippen molar-refractivity contribution >= 4 is 16.9 Å². The summed E-state index contributed by atoms with van der Waals surface area (Å²) < 4.78 is 3.52. The Balaban J connectivity index is 1.62. The van der Waals surface area contributed by atoms with Crippen LogP contribution in [0.2, 0.25) is 0 Å². The zero-order valence-electron chi connectivity index (χ0n) is 18.0. The van der Waals surface area contributed by atoms with Crippen LogP contribution in [0.5, 0.6) is 0 Å². The molecule has 0 aliphatic carbocycles. The van der Waals surface area contributed by atoms with Gasteiger partial charge < -0.3 is 4.90 Å². The lowest BCUT2D eigenvalue weighted by Gasteiger charge is -2.17. The quantitative estimate of drug-likeness (QED) is 0.513. The van der Waals surface area contributed by atoms with E-state index in [1.54, 1.807) is 22.8 Å². The van der Waals surface area contributed by atoms with Gasteiger partial charge in [-0.2, -0.15) is 10.2 Å². The van der Waals surface area contributed by atoms with E-state index in [4.69, 9.17) is 0 Å². The molecule has 1 amide bonds. The predicted octanol–water partition coefficient (Wildman–Crippen LogP) is 3.42. The molecule has 4 rings (SSSR count). The Labute approximate surface area is 176 Å². The van der Waals surface area contributed by atoms with Crippen LogP contribution in [0, 0.1) is 20.8 Å². The molecule has 30 heavy (non-hydrogen) atoms. The van der Waals surface area contributed by atoms with E-state index < -0.39 is 0 Å². The Hall–Kier alpha value is -3.48. The summed E-state index contributed by atoms with van der Waals surface area (Å²) in [5, 5.41) is 9.87. The maximum absolute atomic E-state index is 12.9. The molecule has 1 aromatic carbocycles. The fourth-order valence-corrected chi connectivity index (χ4v) is 3.66. The number of pyridine rings is 1. The average molecular weight is 403 g/mol.